The van der Waals surface area contributed by atoms with Gasteiger partial charge in [0.05, 0.1) is 33.1 Å². The van der Waals surface area contributed by atoms with Crippen LogP contribution in [0, 0.1) is 0 Å². The molecule has 0 fully saturated rings. The summed E-state index contributed by atoms with van der Waals surface area (Å²) in [7, 11) is 0. The zero-order valence-corrected chi connectivity index (χ0v) is 18.3. The highest BCUT2D eigenvalue weighted by Crippen LogP contribution is 2.42. The second-order valence-corrected chi connectivity index (χ2v) is 9.15. The average molecular weight is 441 g/mol. The number of hydrogen-bond acceptors (Lipinski definition) is 0. The van der Waals surface area contributed by atoms with Crippen LogP contribution in [0.5, 0.6) is 0 Å². The van der Waals surface area contributed by atoms with Gasteiger partial charge in [-0.3, -0.25) is 0 Å². The van der Waals surface area contributed by atoms with Crippen molar-refractivity contribution in [1.29, 1.82) is 0 Å². The Labute approximate surface area is 194 Å². The third kappa shape index (κ3) is 2.10. The quantitative estimate of drug-likeness (QED) is 0.226. The molecule has 0 saturated carbocycles. The second kappa shape index (κ2) is 6.06. The van der Waals surface area contributed by atoms with E-state index < -0.39 is 0 Å². The average Bonchev–Trinajstić information content (AvgIpc) is 3.38. The van der Waals surface area contributed by atoms with Crippen molar-refractivity contribution in [3.63, 3.8) is 0 Å². The maximum atomic E-state index is 6.59. The Morgan fingerprint density at radius 2 is 1.03 bits per heavy atom. The van der Waals surface area contributed by atoms with Gasteiger partial charge in [-0.25, -0.2) is 0 Å². The molecule has 0 saturated heterocycles. The lowest BCUT2D eigenvalue weighted by Gasteiger charge is -2.13. The van der Waals surface area contributed by atoms with E-state index in [0.717, 1.165) is 16.1 Å². The van der Waals surface area contributed by atoms with E-state index in [0.29, 0.717) is 0 Å². The van der Waals surface area contributed by atoms with E-state index in [4.69, 9.17) is 11.6 Å². The second-order valence-electron chi connectivity index (χ2n) is 8.75. The molecule has 0 unspecified atom stereocenters. The molecule has 0 aliphatic heterocycles. The molecule has 3 aromatic heterocycles. The van der Waals surface area contributed by atoms with Crippen LogP contribution in [0.2, 0.25) is 5.02 Å². The van der Waals surface area contributed by atoms with Crippen LogP contribution in [0.25, 0.3) is 65.8 Å². The standard InChI is InChI=1S/C30H17ClN2/c31-24-10-4-1-7-19(24)18-13-16-27-28(17-18)33-26-12-6-3-9-21(26)23-15-14-22-20-8-2-5-11-25(20)32(27)29(22)30(23)33/h1-17H. The third-order valence-corrected chi connectivity index (χ3v) is 7.44. The van der Waals surface area contributed by atoms with Gasteiger partial charge in [0.2, 0.25) is 0 Å². The Kier molecular flexibility index (Phi) is 3.22. The van der Waals surface area contributed by atoms with Gasteiger partial charge < -0.3 is 8.80 Å². The molecule has 33 heavy (non-hydrogen) atoms. The van der Waals surface area contributed by atoms with Gasteiger partial charge >= 0.3 is 0 Å². The summed E-state index contributed by atoms with van der Waals surface area (Å²) >= 11 is 6.59. The van der Waals surface area contributed by atoms with Gasteiger partial charge in [-0.1, -0.05) is 84.4 Å². The molecule has 3 heterocycles. The van der Waals surface area contributed by atoms with E-state index in [1.54, 1.807) is 0 Å². The number of aromatic nitrogens is 2. The van der Waals surface area contributed by atoms with Gasteiger partial charge in [-0.2, -0.15) is 0 Å². The van der Waals surface area contributed by atoms with Crippen LogP contribution in [0.3, 0.4) is 0 Å². The van der Waals surface area contributed by atoms with Gasteiger partial charge in [-0.05, 0) is 35.9 Å². The minimum absolute atomic E-state index is 0.768. The summed E-state index contributed by atoms with van der Waals surface area (Å²) in [5, 5.41) is 5.92. The maximum Gasteiger partial charge on any atom is 0.0789 e. The van der Waals surface area contributed by atoms with Crippen LogP contribution in [0.15, 0.2) is 103 Å². The van der Waals surface area contributed by atoms with Gasteiger partial charge in [0.25, 0.3) is 0 Å². The first-order chi connectivity index (χ1) is 16.3. The zero-order chi connectivity index (χ0) is 21.7. The lowest BCUT2D eigenvalue weighted by atomic mass is 10.0. The molecule has 3 heteroatoms. The molecule has 8 aromatic rings. The molecule has 0 aliphatic rings. The number of para-hydroxylation sites is 2. The summed E-state index contributed by atoms with van der Waals surface area (Å²) in [6.45, 7) is 0. The van der Waals surface area contributed by atoms with Crippen molar-refractivity contribution in [2.75, 3.05) is 0 Å². The lowest BCUT2D eigenvalue weighted by molar-refractivity contribution is 1.26. The fourth-order valence-electron chi connectivity index (χ4n) is 5.76. The van der Waals surface area contributed by atoms with Crippen molar-refractivity contribution in [2.24, 2.45) is 0 Å². The first-order valence-electron chi connectivity index (χ1n) is 11.2. The van der Waals surface area contributed by atoms with Gasteiger partial charge in [0.1, 0.15) is 0 Å². The van der Waals surface area contributed by atoms with Gasteiger partial charge in [-0.15, -0.1) is 0 Å². The minimum atomic E-state index is 0.768. The summed E-state index contributed by atoms with van der Waals surface area (Å²) in [5.74, 6) is 0. The van der Waals surface area contributed by atoms with Gasteiger partial charge in [0, 0.05) is 32.1 Å². The molecular formula is C30H17ClN2. The molecule has 0 bridgehead atoms. The van der Waals surface area contributed by atoms with Crippen molar-refractivity contribution in [2.45, 2.75) is 0 Å². The zero-order valence-electron chi connectivity index (χ0n) is 17.6. The molecule has 154 valence electrons. The van der Waals surface area contributed by atoms with Gasteiger partial charge in [0.15, 0.2) is 0 Å². The SMILES string of the molecule is Clc1ccccc1-c1ccc2c(c1)n1c3ccccc3c3ccc4c5ccccc5n2c4c31. The Morgan fingerprint density at radius 1 is 0.455 bits per heavy atom. The Hall–Kier alpha value is -4.01. The fraction of sp³-hybridized carbons (Fsp3) is 0. The van der Waals surface area contributed by atoms with Crippen molar-refractivity contribution in [3.05, 3.63) is 108 Å². The third-order valence-electron chi connectivity index (χ3n) is 7.11. The Balaban J connectivity index is 1.71. The van der Waals surface area contributed by atoms with Crippen molar-refractivity contribution < 1.29 is 0 Å². The first kappa shape index (κ1) is 17.5. The van der Waals surface area contributed by atoms with Crippen LogP contribution >= 0.6 is 11.6 Å². The normalized spacial score (nSPS) is 12.4. The number of fused-ring (bicyclic) bond motifs is 9. The maximum absolute atomic E-state index is 6.59. The summed E-state index contributed by atoms with van der Waals surface area (Å²) in [4.78, 5) is 0. The molecule has 2 nitrogen and oxygen atoms in total. The van der Waals surface area contributed by atoms with Crippen LogP contribution in [-0.2, 0) is 0 Å². The van der Waals surface area contributed by atoms with Crippen LogP contribution in [0.4, 0.5) is 0 Å². The summed E-state index contributed by atoms with van der Waals surface area (Å²) in [6.07, 6.45) is 0. The first-order valence-corrected chi connectivity index (χ1v) is 11.5. The molecule has 0 spiro atoms. The number of rotatable bonds is 1. The van der Waals surface area contributed by atoms with E-state index in [1.807, 2.05) is 18.2 Å². The molecule has 0 radical (unpaired) electrons. The van der Waals surface area contributed by atoms with E-state index in [-0.39, 0.29) is 0 Å². The number of nitrogens with zero attached hydrogens (tertiary/aromatic N) is 2. The highest BCUT2D eigenvalue weighted by Gasteiger charge is 2.21. The van der Waals surface area contributed by atoms with Crippen molar-refractivity contribution in [3.8, 4) is 11.1 Å². The monoisotopic (exact) mass is 440 g/mol. The molecular weight excluding hydrogens is 424 g/mol. The molecule has 0 atom stereocenters. The fourth-order valence-corrected chi connectivity index (χ4v) is 6.00. The number of benzene rings is 5. The van der Waals surface area contributed by atoms with E-state index in [1.165, 1.54) is 54.6 Å². The largest absolute Gasteiger partial charge is 0.305 e. The summed E-state index contributed by atoms with van der Waals surface area (Å²) in [5.41, 5.74) is 9.57. The van der Waals surface area contributed by atoms with Crippen molar-refractivity contribution >= 4 is 66.2 Å². The topological polar surface area (TPSA) is 8.82 Å². The van der Waals surface area contributed by atoms with E-state index >= 15 is 0 Å². The predicted molar refractivity (Wildman–Crippen MR) is 140 cm³/mol. The summed E-state index contributed by atoms with van der Waals surface area (Å²) < 4.78 is 4.89. The predicted octanol–water partition coefficient (Wildman–Crippen LogP) is 8.56. The van der Waals surface area contributed by atoms with Crippen LogP contribution in [0.1, 0.15) is 0 Å². The molecule has 8 rings (SSSR count). The number of hydrogen-bond donors (Lipinski definition) is 0. The molecule has 0 aliphatic carbocycles. The Bertz CT molecular complexity index is 2040. The highest BCUT2D eigenvalue weighted by atomic mass is 35.5. The van der Waals surface area contributed by atoms with E-state index in [9.17, 15) is 0 Å². The highest BCUT2D eigenvalue weighted by molar-refractivity contribution is 6.33. The van der Waals surface area contributed by atoms with Crippen LogP contribution < -0.4 is 0 Å². The number of halogens is 1. The van der Waals surface area contributed by atoms with E-state index in [2.05, 4.69) is 93.7 Å². The molecule has 0 N–H and O–H groups in total. The molecule has 5 aromatic carbocycles. The van der Waals surface area contributed by atoms with Crippen molar-refractivity contribution in [1.82, 2.24) is 8.80 Å². The molecule has 0 amide bonds. The van der Waals surface area contributed by atoms with Crippen LogP contribution in [-0.4, -0.2) is 8.80 Å². The smallest absolute Gasteiger partial charge is 0.0789 e. The summed E-state index contributed by atoms with van der Waals surface area (Å²) in [6, 6.07) is 36.8. The minimum Gasteiger partial charge on any atom is -0.305 e. The lowest BCUT2D eigenvalue weighted by Crippen LogP contribution is -1.97. The Morgan fingerprint density at radius 3 is 1.70 bits per heavy atom.